The Balaban J connectivity index is 2.14. The molecule has 0 saturated carbocycles. The molecule has 2 aromatic rings. The van der Waals surface area contributed by atoms with Gasteiger partial charge in [-0.1, -0.05) is 55.2 Å². The van der Waals surface area contributed by atoms with Gasteiger partial charge >= 0.3 is 6.03 Å². The molecule has 138 valence electrons. The number of amides is 3. The van der Waals surface area contributed by atoms with E-state index in [4.69, 9.17) is 23.2 Å². The first kappa shape index (κ1) is 20.3. The van der Waals surface area contributed by atoms with Crippen molar-refractivity contribution in [2.24, 2.45) is 5.92 Å². The number of nitrogens with zero attached hydrogens (tertiary/aromatic N) is 1. The molecule has 2 aromatic carbocycles. The summed E-state index contributed by atoms with van der Waals surface area (Å²) in [6.45, 7) is 6.57. The predicted molar refractivity (Wildman–Crippen MR) is 107 cm³/mol. The number of rotatable bonds is 5. The van der Waals surface area contributed by atoms with Gasteiger partial charge in [0, 0.05) is 12.2 Å². The van der Waals surface area contributed by atoms with Gasteiger partial charge in [0.05, 0.1) is 15.6 Å². The Kier molecular flexibility index (Phi) is 7.06. The molecule has 6 heteroatoms. The van der Waals surface area contributed by atoms with Gasteiger partial charge in [-0.25, -0.2) is 4.79 Å². The predicted octanol–water partition coefficient (Wildman–Crippen LogP) is 5.57. The minimum atomic E-state index is -0.625. The smallest absolute Gasteiger partial charge is 0.294 e. The van der Waals surface area contributed by atoms with E-state index in [-0.39, 0.29) is 15.6 Å². The number of imide groups is 1. The molecule has 0 fully saturated rings. The summed E-state index contributed by atoms with van der Waals surface area (Å²) in [4.78, 5) is 26.4. The maximum Gasteiger partial charge on any atom is 0.328 e. The molecule has 0 aliphatic carbocycles. The summed E-state index contributed by atoms with van der Waals surface area (Å²) >= 11 is 12.1. The lowest BCUT2D eigenvalue weighted by atomic mass is 10.0. The summed E-state index contributed by atoms with van der Waals surface area (Å²) in [6, 6.07) is 12.0. The van der Waals surface area contributed by atoms with E-state index in [1.807, 2.05) is 31.2 Å². The molecule has 0 aliphatic heterocycles. The van der Waals surface area contributed by atoms with E-state index in [9.17, 15) is 9.59 Å². The van der Waals surface area contributed by atoms with Crippen molar-refractivity contribution in [3.05, 3.63) is 63.6 Å². The van der Waals surface area contributed by atoms with Crippen molar-refractivity contribution in [1.29, 1.82) is 0 Å². The van der Waals surface area contributed by atoms with E-state index >= 15 is 0 Å². The number of hydrogen-bond donors (Lipinski definition) is 1. The van der Waals surface area contributed by atoms with Gasteiger partial charge in [-0.05, 0) is 49.1 Å². The second-order valence-corrected chi connectivity index (χ2v) is 7.18. The van der Waals surface area contributed by atoms with Crippen LogP contribution in [0.2, 0.25) is 10.0 Å². The average molecular weight is 393 g/mol. The van der Waals surface area contributed by atoms with Crippen molar-refractivity contribution in [2.45, 2.75) is 27.2 Å². The number of nitrogens with one attached hydrogen (secondary N) is 1. The van der Waals surface area contributed by atoms with Crippen molar-refractivity contribution in [2.75, 3.05) is 11.4 Å². The van der Waals surface area contributed by atoms with Gasteiger partial charge in [0.15, 0.2) is 0 Å². The molecule has 0 saturated heterocycles. The topological polar surface area (TPSA) is 49.4 Å². The van der Waals surface area contributed by atoms with Crippen molar-refractivity contribution in [3.63, 3.8) is 0 Å². The summed E-state index contributed by atoms with van der Waals surface area (Å²) in [5.74, 6) is -0.0649. The number of hydrogen-bond acceptors (Lipinski definition) is 2. The molecule has 0 unspecified atom stereocenters. The van der Waals surface area contributed by atoms with Gasteiger partial charge in [0.25, 0.3) is 5.91 Å². The first-order valence-electron chi connectivity index (χ1n) is 8.49. The number of carbonyl (C=O) groups excluding carboxylic acids is 2. The van der Waals surface area contributed by atoms with Crippen molar-refractivity contribution in [1.82, 2.24) is 5.32 Å². The minimum absolute atomic E-state index is 0.0903. The fourth-order valence-corrected chi connectivity index (χ4v) is 3.24. The van der Waals surface area contributed by atoms with Crippen molar-refractivity contribution < 1.29 is 9.59 Å². The number of benzene rings is 2. The standard InChI is InChI=1S/C20H22Cl2N2O2/c1-4-24(15-10-8-14(9-11-15)12-13(2)3)20(26)23-19(25)18-16(21)6-5-7-17(18)22/h5-11,13H,4,12H2,1-3H3,(H,23,25,26). The Bertz CT molecular complexity index is 769. The van der Waals surface area contributed by atoms with E-state index in [0.717, 1.165) is 12.1 Å². The van der Waals surface area contributed by atoms with E-state index < -0.39 is 11.9 Å². The molecule has 3 amide bonds. The Labute approximate surface area is 164 Å². The monoisotopic (exact) mass is 392 g/mol. The molecular weight excluding hydrogens is 371 g/mol. The Morgan fingerprint density at radius 1 is 1.04 bits per heavy atom. The lowest BCUT2D eigenvalue weighted by Crippen LogP contribution is -2.43. The number of anilines is 1. The van der Waals surface area contributed by atoms with Gasteiger partial charge in [-0.2, -0.15) is 0 Å². The molecule has 1 N–H and O–H groups in total. The lowest BCUT2D eigenvalue weighted by Gasteiger charge is -2.21. The molecule has 0 heterocycles. The molecule has 0 radical (unpaired) electrons. The van der Waals surface area contributed by atoms with Crippen LogP contribution in [0.5, 0.6) is 0 Å². The van der Waals surface area contributed by atoms with E-state index in [2.05, 4.69) is 19.2 Å². The van der Waals surface area contributed by atoms with Gasteiger partial charge in [0.1, 0.15) is 0 Å². The van der Waals surface area contributed by atoms with Crippen LogP contribution in [0.3, 0.4) is 0 Å². The van der Waals surface area contributed by atoms with Gasteiger partial charge in [-0.3, -0.25) is 15.0 Å². The summed E-state index contributed by atoms with van der Waals surface area (Å²) in [5.41, 5.74) is 2.02. The van der Waals surface area contributed by atoms with Crippen LogP contribution in [0.4, 0.5) is 10.5 Å². The highest BCUT2D eigenvalue weighted by atomic mass is 35.5. The number of halogens is 2. The van der Waals surface area contributed by atoms with Crippen LogP contribution in [-0.2, 0) is 6.42 Å². The van der Waals surface area contributed by atoms with Crippen LogP contribution in [-0.4, -0.2) is 18.5 Å². The number of carbonyl (C=O) groups is 2. The molecule has 26 heavy (non-hydrogen) atoms. The van der Waals surface area contributed by atoms with E-state index in [1.54, 1.807) is 18.2 Å². The molecule has 0 aromatic heterocycles. The van der Waals surface area contributed by atoms with E-state index in [0.29, 0.717) is 12.5 Å². The molecule has 0 aliphatic rings. The van der Waals surface area contributed by atoms with Crippen LogP contribution in [0, 0.1) is 5.92 Å². The highest BCUT2D eigenvalue weighted by Gasteiger charge is 2.21. The largest absolute Gasteiger partial charge is 0.328 e. The zero-order chi connectivity index (χ0) is 19.3. The summed E-state index contributed by atoms with van der Waals surface area (Å²) in [5, 5.41) is 2.75. The van der Waals surface area contributed by atoms with Crippen LogP contribution in [0.25, 0.3) is 0 Å². The first-order chi connectivity index (χ1) is 12.3. The molecule has 4 nitrogen and oxygen atoms in total. The highest BCUT2D eigenvalue weighted by Crippen LogP contribution is 2.24. The van der Waals surface area contributed by atoms with Crippen LogP contribution < -0.4 is 10.2 Å². The molecule has 0 spiro atoms. The number of urea groups is 1. The van der Waals surface area contributed by atoms with Gasteiger partial charge < -0.3 is 0 Å². The zero-order valence-corrected chi connectivity index (χ0v) is 16.6. The van der Waals surface area contributed by atoms with Crippen molar-refractivity contribution >= 4 is 40.8 Å². The summed E-state index contributed by atoms with van der Waals surface area (Å²) < 4.78 is 0. The third kappa shape index (κ3) is 4.99. The van der Waals surface area contributed by atoms with E-state index in [1.165, 1.54) is 10.5 Å². The quantitative estimate of drug-likeness (QED) is 0.722. The fraction of sp³-hybridized carbons (Fsp3) is 0.300. The average Bonchev–Trinajstić information content (AvgIpc) is 2.56. The summed E-state index contributed by atoms with van der Waals surface area (Å²) in [6.07, 6.45) is 0.974. The molecule has 0 bridgehead atoms. The molecule has 0 atom stereocenters. The van der Waals surface area contributed by atoms with Crippen LogP contribution >= 0.6 is 23.2 Å². The minimum Gasteiger partial charge on any atom is -0.294 e. The molecular formula is C20H22Cl2N2O2. The second kappa shape index (κ2) is 9.06. The van der Waals surface area contributed by atoms with Crippen LogP contribution in [0.1, 0.15) is 36.7 Å². The zero-order valence-electron chi connectivity index (χ0n) is 15.1. The van der Waals surface area contributed by atoms with Crippen LogP contribution in [0.15, 0.2) is 42.5 Å². The lowest BCUT2D eigenvalue weighted by molar-refractivity contribution is 0.0966. The first-order valence-corrected chi connectivity index (χ1v) is 9.24. The second-order valence-electron chi connectivity index (χ2n) is 6.36. The molecule has 2 rings (SSSR count). The van der Waals surface area contributed by atoms with Gasteiger partial charge in [-0.15, -0.1) is 0 Å². The fourth-order valence-electron chi connectivity index (χ4n) is 2.67. The summed E-state index contributed by atoms with van der Waals surface area (Å²) in [7, 11) is 0. The van der Waals surface area contributed by atoms with Crippen molar-refractivity contribution in [3.8, 4) is 0 Å². The third-order valence-electron chi connectivity index (χ3n) is 3.86. The highest BCUT2D eigenvalue weighted by molar-refractivity contribution is 6.40. The third-order valence-corrected chi connectivity index (χ3v) is 4.49. The van der Waals surface area contributed by atoms with Gasteiger partial charge in [0.2, 0.25) is 0 Å². The Morgan fingerprint density at radius 2 is 1.62 bits per heavy atom. The maximum atomic E-state index is 12.6. The maximum absolute atomic E-state index is 12.6. The SMILES string of the molecule is CCN(C(=O)NC(=O)c1c(Cl)cccc1Cl)c1ccc(CC(C)C)cc1. The normalized spacial score (nSPS) is 10.7. The Hall–Kier alpha value is -2.04. The Morgan fingerprint density at radius 3 is 2.12 bits per heavy atom.